The lowest BCUT2D eigenvalue weighted by Gasteiger charge is -2.14. The number of pyridine rings is 1. The number of aromatic nitrogens is 4. The van der Waals surface area contributed by atoms with Crippen LogP contribution in [0.25, 0.3) is 32.8 Å². The highest BCUT2D eigenvalue weighted by Crippen LogP contribution is 2.36. The summed E-state index contributed by atoms with van der Waals surface area (Å²) < 4.78 is 5.53. The molecule has 3 heterocycles. The number of nitrogens with zero attached hydrogens (tertiary/aromatic N) is 4. The molecule has 0 aliphatic rings. The normalized spacial score (nSPS) is 11.8. The van der Waals surface area contributed by atoms with Crippen molar-refractivity contribution in [1.29, 1.82) is 0 Å². The van der Waals surface area contributed by atoms with Gasteiger partial charge >= 0.3 is 0 Å². The monoisotopic (exact) mass is 438 g/mol. The van der Waals surface area contributed by atoms with E-state index in [1.165, 1.54) is 5.56 Å². The first-order valence-electron chi connectivity index (χ1n) is 10.9. The lowest BCUT2D eigenvalue weighted by Crippen LogP contribution is -2.09. The Morgan fingerprint density at radius 3 is 2.55 bits per heavy atom. The predicted octanol–water partition coefficient (Wildman–Crippen LogP) is 6.22. The molecule has 0 unspecified atom stereocenters. The zero-order valence-electron chi connectivity index (χ0n) is 19.4. The lowest BCUT2D eigenvalue weighted by molar-refractivity contribution is 0.331. The van der Waals surface area contributed by atoms with Gasteiger partial charge in [-0.2, -0.15) is 0 Å². The van der Waals surface area contributed by atoms with Crippen LogP contribution in [0.4, 0.5) is 17.6 Å². The molecule has 0 aliphatic carbocycles. The fourth-order valence-electron chi connectivity index (χ4n) is 3.97. The van der Waals surface area contributed by atoms with Gasteiger partial charge in [0.1, 0.15) is 11.6 Å². The van der Waals surface area contributed by atoms with Crippen LogP contribution in [0.5, 0.6) is 0 Å². The van der Waals surface area contributed by atoms with Crippen molar-refractivity contribution in [1.82, 2.24) is 20.1 Å². The van der Waals surface area contributed by atoms with Crippen LogP contribution in [0.2, 0.25) is 0 Å². The summed E-state index contributed by atoms with van der Waals surface area (Å²) in [5.74, 6) is 2.82. The van der Waals surface area contributed by atoms with Crippen molar-refractivity contribution in [3.05, 3.63) is 66.2 Å². The van der Waals surface area contributed by atoms with E-state index in [0.717, 1.165) is 44.4 Å². The van der Waals surface area contributed by atoms with E-state index in [-0.39, 0.29) is 5.41 Å². The Labute approximate surface area is 192 Å². The number of anilines is 3. The molecule has 5 rings (SSSR count). The first-order valence-corrected chi connectivity index (χ1v) is 10.9. The van der Waals surface area contributed by atoms with Gasteiger partial charge in [-0.05, 0) is 47.2 Å². The summed E-state index contributed by atoms with van der Waals surface area (Å²) in [5.41, 5.74) is 4.24. The maximum absolute atomic E-state index is 5.53. The van der Waals surface area contributed by atoms with Crippen LogP contribution in [0, 0.1) is 6.92 Å². The summed E-state index contributed by atoms with van der Waals surface area (Å²) in [5, 5.41) is 13.6. The highest BCUT2D eigenvalue weighted by atomic mass is 16.5. The zero-order chi connectivity index (χ0) is 23.2. The number of rotatable bonds is 4. The van der Waals surface area contributed by atoms with Gasteiger partial charge in [0, 0.05) is 41.7 Å². The van der Waals surface area contributed by atoms with Gasteiger partial charge < -0.3 is 15.2 Å². The van der Waals surface area contributed by atoms with E-state index in [1.807, 2.05) is 31.6 Å². The molecule has 0 bridgehead atoms. The van der Waals surface area contributed by atoms with Crippen LogP contribution in [-0.4, -0.2) is 27.2 Å². The molecule has 0 radical (unpaired) electrons. The fraction of sp³-hybridized carbons (Fsp3) is 0.231. The molecule has 0 aliphatic heterocycles. The number of aryl methyl sites for hydroxylation is 1. The summed E-state index contributed by atoms with van der Waals surface area (Å²) in [7, 11) is 1.82. The maximum Gasteiger partial charge on any atom is 0.222 e. The van der Waals surface area contributed by atoms with E-state index in [4.69, 9.17) is 4.52 Å². The van der Waals surface area contributed by atoms with Crippen molar-refractivity contribution in [2.45, 2.75) is 33.1 Å². The molecule has 0 amide bonds. The summed E-state index contributed by atoms with van der Waals surface area (Å²) in [6.45, 7) is 8.41. The molecule has 3 aromatic heterocycles. The van der Waals surface area contributed by atoms with Gasteiger partial charge in [0.2, 0.25) is 5.95 Å². The minimum absolute atomic E-state index is 0.114. The minimum Gasteiger partial charge on any atom is -0.359 e. The van der Waals surface area contributed by atoms with Crippen molar-refractivity contribution in [2.75, 3.05) is 17.7 Å². The number of fused-ring (bicyclic) bond motifs is 2. The van der Waals surface area contributed by atoms with Gasteiger partial charge in [0.15, 0.2) is 5.82 Å². The van der Waals surface area contributed by atoms with E-state index in [1.54, 1.807) is 0 Å². The van der Waals surface area contributed by atoms with Crippen molar-refractivity contribution in [2.24, 2.45) is 0 Å². The van der Waals surface area contributed by atoms with E-state index < -0.39 is 0 Å². The second-order valence-corrected chi connectivity index (χ2v) is 9.18. The molecular formula is C26H26N6O. The number of benzene rings is 2. The smallest absolute Gasteiger partial charge is 0.222 e. The van der Waals surface area contributed by atoms with Gasteiger partial charge in [0.25, 0.3) is 0 Å². The summed E-state index contributed by atoms with van der Waals surface area (Å²) in [6.07, 6.45) is 3.67. The second kappa shape index (κ2) is 7.85. The molecule has 166 valence electrons. The van der Waals surface area contributed by atoms with Crippen LogP contribution in [0.15, 0.2) is 59.4 Å². The summed E-state index contributed by atoms with van der Waals surface area (Å²) in [4.78, 5) is 13.5. The van der Waals surface area contributed by atoms with Crippen molar-refractivity contribution in [3.8, 4) is 11.1 Å². The third-order valence-electron chi connectivity index (χ3n) is 5.74. The van der Waals surface area contributed by atoms with Gasteiger partial charge in [-0.1, -0.05) is 44.1 Å². The molecule has 33 heavy (non-hydrogen) atoms. The second-order valence-electron chi connectivity index (χ2n) is 9.18. The maximum atomic E-state index is 5.53. The highest BCUT2D eigenvalue weighted by Gasteiger charge is 2.20. The van der Waals surface area contributed by atoms with E-state index >= 15 is 0 Å². The molecule has 2 aromatic carbocycles. The Morgan fingerprint density at radius 2 is 1.79 bits per heavy atom. The molecule has 2 N–H and O–H groups in total. The molecule has 0 fully saturated rings. The fourth-order valence-corrected chi connectivity index (χ4v) is 3.97. The zero-order valence-corrected chi connectivity index (χ0v) is 19.4. The third-order valence-corrected chi connectivity index (χ3v) is 5.74. The SMILES string of the molecule is CNc1ncc2cc(-c3c(C)ccc4c(Nc5cc(C(C)(C)C)on5)nccc34)ccc2n1. The Kier molecular flexibility index (Phi) is 4.96. The number of nitrogens with one attached hydrogen (secondary N) is 2. The minimum atomic E-state index is -0.114. The van der Waals surface area contributed by atoms with E-state index in [0.29, 0.717) is 11.8 Å². The Balaban J connectivity index is 1.60. The number of hydrogen-bond acceptors (Lipinski definition) is 7. The van der Waals surface area contributed by atoms with Crippen LogP contribution in [-0.2, 0) is 5.41 Å². The lowest BCUT2D eigenvalue weighted by atomic mass is 9.93. The Morgan fingerprint density at radius 1 is 0.939 bits per heavy atom. The Hall–Kier alpha value is -4.00. The predicted molar refractivity (Wildman–Crippen MR) is 133 cm³/mol. The molecule has 5 aromatic rings. The quantitative estimate of drug-likeness (QED) is 0.344. The first kappa shape index (κ1) is 20.9. The van der Waals surface area contributed by atoms with Crippen LogP contribution < -0.4 is 10.6 Å². The average molecular weight is 439 g/mol. The third kappa shape index (κ3) is 3.86. The van der Waals surface area contributed by atoms with Crippen LogP contribution >= 0.6 is 0 Å². The molecule has 7 heteroatoms. The largest absolute Gasteiger partial charge is 0.359 e. The Bertz CT molecular complexity index is 1480. The molecule has 0 atom stereocenters. The average Bonchev–Trinajstić information content (AvgIpc) is 3.28. The molecule has 0 saturated carbocycles. The van der Waals surface area contributed by atoms with Crippen LogP contribution in [0.1, 0.15) is 32.1 Å². The number of hydrogen-bond donors (Lipinski definition) is 2. The van der Waals surface area contributed by atoms with Gasteiger partial charge in [-0.25, -0.2) is 15.0 Å². The van der Waals surface area contributed by atoms with Gasteiger partial charge in [-0.15, -0.1) is 0 Å². The molecule has 0 saturated heterocycles. The van der Waals surface area contributed by atoms with E-state index in [2.05, 4.69) is 88.8 Å². The summed E-state index contributed by atoms with van der Waals surface area (Å²) >= 11 is 0. The summed E-state index contributed by atoms with van der Waals surface area (Å²) in [6, 6.07) is 14.5. The van der Waals surface area contributed by atoms with Crippen molar-refractivity contribution >= 4 is 39.3 Å². The van der Waals surface area contributed by atoms with Gasteiger partial charge in [-0.3, -0.25) is 0 Å². The molecule has 0 spiro atoms. The van der Waals surface area contributed by atoms with E-state index in [9.17, 15) is 0 Å². The topological polar surface area (TPSA) is 88.8 Å². The highest BCUT2D eigenvalue weighted by molar-refractivity contribution is 6.04. The van der Waals surface area contributed by atoms with Crippen molar-refractivity contribution in [3.63, 3.8) is 0 Å². The molecule has 7 nitrogen and oxygen atoms in total. The standard InChI is InChI=1S/C26H26N6O/c1-15-6-8-19-18(10-11-28-24(19)31-22-13-21(33-32-22)26(2,3)4)23(15)16-7-9-20-17(12-16)14-29-25(27-5)30-20/h6-14H,1-5H3,(H,27,29,30)(H,28,31,32). The van der Waals surface area contributed by atoms with Gasteiger partial charge in [0.05, 0.1) is 5.52 Å². The molecular weight excluding hydrogens is 412 g/mol. The van der Waals surface area contributed by atoms with Crippen molar-refractivity contribution < 1.29 is 4.52 Å². The first-order chi connectivity index (χ1) is 15.8. The van der Waals surface area contributed by atoms with Crippen LogP contribution in [0.3, 0.4) is 0 Å².